The quantitative estimate of drug-likeness (QED) is 0.164. The first-order valence-corrected chi connectivity index (χ1v) is 20.5. The standard InChI is InChI=1S/C53H33N3OS/c1-2-11-32(12-3-1)33-21-23-35(24-22-33)40-29-30-45-49(41-15-6-8-18-44(41)57-45)50(40)53-55-51(37-27-28-39-36(31-37)26-25-34-13-4-5-14-38(34)39)54-52(56-53)43-17-10-20-47-48(43)42-16-7-9-19-46(42)58-47/h1-9,11-19,21-31H,10,20H2. The van der Waals surface area contributed by atoms with Crippen molar-refractivity contribution in [3.05, 3.63) is 192 Å². The molecular formula is C53H33N3OS. The molecule has 0 atom stereocenters. The van der Waals surface area contributed by atoms with Crippen molar-refractivity contribution in [1.29, 1.82) is 0 Å². The minimum Gasteiger partial charge on any atom is -0.456 e. The molecule has 0 spiro atoms. The van der Waals surface area contributed by atoms with Crippen molar-refractivity contribution >= 4 is 70.5 Å². The number of para-hydroxylation sites is 1. The fourth-order valence-electron chi connectivity index (χ4n) is 8.87. The lowest BCUT2D eigenvalue weighted by atomic mass is 9.92. The summed E-state index contributed by atoms with van der Waals surface area (Å²) in [4.78, 5) is 17.7. The summed E-state index contributed by atoms with van der Waals surface area (Å²) < 4.78 is 7.81. The molecule has 8 aromatic carbocycles. The minimum absolute atomic E-state index is 0.616. The smallest absolute Gasteiger partial charge is 0.165 e. The van der Waals surface area contributed by atoms with Crippen LogP contribution in [-0.4, -0.2) is 15.0 Å². The third kappa shape index (κ3) is 5.32. The predicted molar refractivity (Wildman–Crippen MR) is 241 cm³/mol. The molecule has 0 amide bonds. The van der Waals surface area contributed by atoms with Gasteiger partial charge in [0.2, 0.25) is 0 Å². The molecule has 3 heterocycles. The zero-order chi connectivity index (χ0) is 38.2. The number of rotatable bonds is 5. The van der Waals surface area contributed by atoms with Crippen molar-refractivity contribution in [2.45, 2.75) is 12.8 Å². The maximum atomic E-state index is 6.53. The largest absolute Gasteiger partial charge is 0.456 e. The van der Waals surface area contributed by atoms with Gasteiger partial charge in [0.15, 0.2) is 17.5 Å². The Bertz CT molecular complexity index is 3450. The number of nitrogens with zero attached hydrogens (tertiary/aromatic N) is 3. The first-order chi connectivity index (χ1) is 28.7. The van der Waals surface area contributed by atoms with E-state index in [1.807, 2.05) is 23.5 Å². The first kappa shape index (κ1) is 33.0. The topological polar surface area (TPSA) is 51.8 Å². The van der Waals surface area contributed by atoms with Gasteiger partial charge in [-0.3, -0.25) is 0 Å². The Morgan fingerprint density at radius 3 is 2.02 bits per heavy atom. The summed E-state index contributed by atoms with van der Waals surface area (Å²) in [6, 6.07) is 60.1. The number of benzene rings is 8. The van der Waals surface area contributed by atoms with Crippen LogP contribution in [0.1, 0.15) is 22.7 Å². The molecule has 0 radical (unpaired) electrons. The predicted octanol–water partition coefficient (Wildman–Crippen LogP) is 14.3. The molecule has 0 fully saturated rings. The van der Waals surface area contributed by atoms with E-state index in [1.165, 1.54) is 42.2 Å². The summed E-state index contributed by atoms with van der Waals surface area (Å²) in [5.74, 6) is 1.93. The number of thiophene rings is 1. The zero-order valence-corrected chi connectivity index (χ0v) is 32.1. The van der Waals surface area contributed by atoms with E-state index >= 15 is 0 Å². The van der Waals surface area contributed by atoms with Gasteiger partial charge in [-0.25, -0.2) is 15.0 Å². The van der Waals surface area contributed by atoms with Gasteiger partial charge in [-0.15, -0.1) is 11.3 Å². The van der Waals surface area contributed by atoms with E-state index in [0.717, 1.165) is 73.6 Å². The zero-order valence-electron chi connectivity index (χ0n) is 31.3. The maximum Gasteiger partial charge on any atom is 0.165 e. The van der Waals surface area contributed by atoms with Crippen LogP contribution in [0.2, 0.25) is 0 Å². The van der Waals surface area contributed by atoms with Crippen molar-refractivity contribution in [2.75, 3.05) is 0 Å². The van der Waals surface area contributed by atoms with E-state index < -0.39 is 0 Å². The molecule has 3 aromatic heterocycles. The molecule has 0 saturated carbocycles. The molecular weight excluding hydrogens is 727 g/mol. The second kappa shape index (κ2) is 13.2. The molecule has 0 saturated heterocycles. The Morgan fingerprint density at radius 1 is 0.448 bits per heavy atom. The molecule has 272 valence electrons. The van der Waals surface area contributed by atoms with Gasteiger partial charge in [0.05, 0.1) is 0 Å². The molecule has 58 heavy (non-hydrogen) atoms. The van der Waals surface area contributed by atoms with Gasteiger partial charge in [0.1, 0.15) is 11.2 Å². The van der Waals surface area contributed by atoms with Gasteiger partial charge < -0.3 is 4.42 Å². The number of aromatic nitrogens is 3. The van der Waals surface area contributed by atoms with Crippen molar-refractivity contribution in [3.8, 4) is 45.0 Å². The number of fused-ring (bicyclic) bond motifs is 9. The average Bonchev–Trinajstić information content (AvgIpc) is 3.87. The Morgan fingerprint density at radius 2 is 1.12 bits per heavy atom. The van der Waals surface area contributed by atoms with Crippen molar-refractivity contribution in [3.63, 3.8) is 0 Å². The van der Waals surface area contributed by atoms with Crippen LogP contribution in [0.4, 0.5) is 0 Å². The van der Waals surface area contributed by atoms with E-state index in [2.05, 4.69) is 164 Å². The number of hydrogen-bond acceptors (Lipinski definition) is 5. The highest BCUT2D eigenvalue weighted by Crippen LogP contribution is 2.45. The summed E-state index contributed by atoms with van der Waals surface area (Å²) >= 11 is 1.88. The van der Waals surface area contributed by atoms with Crippen molar-refractivity contribution in [1.82, 2.24) is 15.0 Å². The normalized spacial score (nSPS) is 12.8. The van der Waals surface area contributed by atoms with Gasteiger partial charge in [0, 0.05) is 48.0 Å². The number of furan rings is 1. The van der Waals surface area contributed by atoms with Crippen LogP contribution in [-0.2, 0) is 6.42 Å². The van der Waals surface area contributed by atoms with Crippen LogP contribution in [0, 0.1) is 0 Å². The average molecular weight is 760 g/mol. The Labute approximate surface area is 338 Å². The second-order valence-electron chi connectivity index (χ2n) is 15.0. The maximum absolute atomic E-state index is 6.53. The Balaban J connectivity index is 1.13. The molecule has 4 nitrogen and oxygen atoms in total. The van der Waals surface area contributed by atoms with E-state index in [1.54, 1.807) is 0 Å². The van der Waals surface area contributed by atoms with Crippen LogP contribution in [0.5, 0.6) is 0 Å². The van der Waals surface area contributed by atoms with Crippen molar-refractivity contribution in [2.24, 2.45) is 0 Å². The molecule has 12 rings (SSSR count). The lowest BCUT2D eigenvalue weighted by molar-refractivity contribution is 0.669. The lowest BCUT2D eigenvalue weighted by Crippen LogP contribution is -2.07. The summed E-state index contributed by atoms with van der Waals surface area (Å²) in [6.07, 6.45) is 4.26. The van der Waals surface area contributed by atoms with Crippen LogP contribution < -0.4 is 0 Å². The van der Waals surface area contributed by atoms with E-state index in [-0.39, 0.29) is 0 Å². The van der Waals surface area contributed by atoms with Crippen LogP contribution >= 0.6 is 11.3 Å². The highest BCUT2D eigenvalue weighted by Gasteiger charge is 2.26. The number of aryl methyl sites for hydroxylation is 1. The number of hydrogen-bond donors (Lipinski definition) is 0. The summed E-state index contributed by atoms with van der Waals surface area (Å²) in [6.45, 7) is 0. The molecule has 1 aliphatic rings. The summed E-state index contributed by atoms with van der Waals surface area (Å²) in [7, 11) is 0. The van der Waals surface area contributed by atoms with Gasteiger partial charge in [-0.2, -0.15) is 0 Å². The Kier molecular flexibility index (Phi) is 7.50. The fourth-order valence-corrected chi connectivity index (χ4v) is 10.1. The van der Waals surface area contributed by atoms with E-state index in [9.17, 15) is 0 Å². The molecule has 0 aliphatic heterocycles. The Hall–Kier alpha value is -7.21. The molecule has 0 bridgehead atoms. The number of allylic oxidation sites excluding steroid dienone is 1. The third-order valence-electron chi connectivity index (χ3n) is 11.6. The van der Waals surface area contributed by atoms with E-state index in [4.69, 9.17) is 19.4 Å². The third-order valence-corrected chi connectivity index (χ3v) is 12.8. The van der Waals surface area contributed by atoms with Crippen molar-refractivity contribution < 1.29 is 4.42 Å². The summed E-state index contributed by atoms with van der Waals surface area (Å²) in [5, 5.41) is 8.07. The molecule has 11 aromatic rings. The monoisotopic (exact) mass is 759 g/mol. The van der Waals surface area contributed by atoms with Gasteiger partial charge in [0.25, 0.3) is 0 Å². The second-order valence-corrected chi connectivity index (χ2v) is 16.1. The van der Waals surface area contributed by atoms with E-state index in [0.29, 0.717) is 17.5 Å². The highest BCUT2D eigenvalue weighted by atomic mass is 32.1. The van der Waals surface area contributed by atoms with Crippen LogP contribution in [0.3, 0.4) is 0 Å². The highest BCUT2D eigenvalue weighted by molar-refractivity contribution is 7.19. The molecule has 1 aliphatic carbocycles. The lowest BCUT2D eigenvalue weighted by Gasteiger charge is -2.17. The molecule has 5 heteroatoms. The van der Waals surface area contributed by atoms with Gasteiger partial charge in [-0.05, 0) is 87.0 Å². The summed E-state index contributed by atoms with van der Waals surface area (Å²) in [5.41, 5.74) is 10.3. The fraction of sp³-hybridized carbons (Fsp3) is 0.0377. The molecule has 0 N–H and O–H groups in total. The minimum atomic E-state index is 0.616. The van der Waals surface area contributed by atoms with Gasteiger partial charge in [-0.1, -0.05) is 146 Å². The van der Waals surface area contributed by atoms with Gasteiger partial charge >= 0.3 is 0 Å². The molecule has 0 unspecified atom stereocenters. The van der Waals surface area contributed by atoms with Crippen LogP contribution in [0.15, 0.2) is 180 Å². The van der Waals surface area contributed by atoms with Crippen LogP contribution in [0.25, 0.3) is 104 Å². The first-order valence-electron chi connectivity index (χ1n) is 19.7. The SMILES string of the molecule is C1=C(c2nc(-c3ccc4c(ccc5ccccc54)c3)nc(-c3c(-c4ccc(-c5ccccc5)cc4)ccc4oc5ccccc5c34)n2)c2c(sc3ccccc23)CC1.